The fourth-order valence-electron chi connectivity index (χ4n) is 4.38. The summed E-state index contributed by atoms with van der Waals surface area (Å²) in [6, 6.07) is 11.1. The molecule has 0 spiro atoms. The van der Waals surface area contributed by atoms with E-state index in [0.717, 1.165) is 50.0 Å². The Hall–Kier alpha value is -2.02. The van der Waals surface area contributed by atoms with Crippen molar-refractivity contribution in [2.24, 2.45) is 0 Å². The Morgan fingerprint density at radius 3 is 2.55 bits per heavy atom. The van der Waals surface area contributed by atoms with Crippen LogP contribution in [0.15, 0.2) is 34.7 Å². The molecule has 2 aromatic heterocycles. The Kier molecular flexibility index (Phi) is 5.48. The van der Waals surface area contributed by atoms with Crippen LogP contribution in [0.2, 0.25) is 0 Å². The van der Waals surface area contributed by atoms with Crippen LogP contribution in [-0.2, 0) is 25.9 Å². The van der Waals surface area contributed by atoms with Crippen LogP contribution in [0.3, 0.4) is 0 Å². The van der Waals surface area contributed by atoms with Crippen LogP contribution in [0.1, 0.15) is 40.3 Å². The van der Waals surface area contributed by atoms with E-state index in [9.17, 15) is 0 Å². The van der Waals surface area contributed by atoms with Gasteiger partial charge in [0.2, 0.25) is 5.89 Å². The summed E-state index contributed by atoms with van der Waals surface area (Å²) >= 11 is 1.83. The van der Waals surface area contributed by atoms with Gasteiger partial charge in [0, 0.05) is 37.6 Å². The number of piperazine rings is 1. The van der Waals surface area contributed by atoms with Gasteiger partial charge in [0.1, 0.15) is 0 Å². The zero-order valence-electron chi connectivity index (χ0n) is 17.1. The van der Waals surface area contributed by atoms with E-state index >= 15 is 0 Å². The van der Waals surface area contributed by atoms with Gasteiger partial charge >= 0.3 is 0 Å². The molecule has 0 N–H and O–H groups in total. The number of aryl methyl sites for hydroxylation is 3. The van der Waals surface area contributed by atoms with Gasteiger partial charge in [-0.3, -0.25) is 9.80 Å². The summed E-state index contributed by atoms with van der Waals surface area (Å²) < 4.78 is 6.02. The summed E-state index contributed by atoms with van der Waals surface area (Å²) in [4.78, 5) is 7.60. The number of benzene rings is 1. The van der Waals surface area contributed by atoms with Gasteiger partial charge < -0.3 is 4.42 Å². The minimum Gasteiger partial charge on any atom is -0.419 e. The number of rotatable bonds is 5. The van der Waals surface area contributed by atoms with E-state index in [0.29, 0.717) is 5.89 Å². The SMILES string of the molecule is Cc1cccc(CN2CCN(Cc3nnc(-c4cc5c(s4)CCCC5)o3)CC2)c1. The maximum Gasteiger partial charge on any atom is 0.257 e. The lowest BCUT2D eigenvalue weighted by Crippen LogP contribution is -2.45. The van der Waals surface area contributed by atoms with E-state index in [4.69, 9.17) is 4.42 Å². The predicted octanol–water partition coefficient (Wildman–Crippen LogP) is 4.30. The largest absolute Gasteiger partial charge is 0.419 e. The third-order valence-electron chi connectivity index (χ3n) is 5.99. The van der Waals surface area contributed by atoms with Crippen LogP contribution in [0.25, 0.3) is 10.8 Å². The summed E-state index contributed by atoms with van der Waals surface area (Å²) in [5.74, 6) is 1.43. The summed E-state index contributed by atoms with van der Waals surface area (Å²) in [6.45, 7) is 8.16. The highest BCUT2D eigenvalue weighted by atomic mass is 32.1. The molecular formula is C23H28N4OS. The standard InChI is InChI=1S/C23H28N4OS/c1-17-5-4-6-18(13-17)15-26-9-11-27(12-10-26)16-22-24-25-23(28-22)21-14-19-7-2-3-8-20(19)29-21/h4-6,13-14H,2-3,7-12,15-16H2,1H3. The molecule has 3 heterocycles. The minimum atomic E-state index is 0.692. The number of aromatic nitrogens is 2. The van der Waals surface area contributed by atoms with Gasteiger partial charge in [-0.1, -0.05) is 29.8 Å². The smallest absolute Gasteiger partial charge is 0.257 e. The van der Waals surface area contributed by atoms with Crippen LogP contribution in [0, 0.1) is 6.92 Å². The topological polar surface area (TPSA) is 45.4 Å². The third-order valence-corrected chi connectivity index (χ3v) is 7.21. The van der Waals surface area contributed by atoms with Crippen LogP contribution in [0.5, 0.6) is 0 Å². The normalized spacial score (nSPS) is 18.1. The van der Waals surface area contributed by atoms with Crippen LogP contribution in [0.4, 0.5) is 0 Å². The lowest BCUT2D eigenvalue weighted by Gasteiger charge is -2.34. The number of thiophene rings is 1. The molecule has 5 nitrogen and oxygen atoms in total. The molecule has 29 heavy (non-hydrogen) atoms. The van der Waals surface area contributed by atoms with E-state index in [1.54, 1.807) is 0 Å². The van der Waals surface area contributed by atoms with Crippen molar-refractivity contribution in [1.82, 2.24) is 20.0 Å². The fraction of sp³-hybridized carbons (Fsp3) is 0.478. The highest BCUT2D eigenvalue weighted by molar-refractivity contribution is 7.15. The van der Waals surface area contributed by atoms with Crippen molar-refractivity contribution in [3.8, 4) is 10.8 Å². The van der Waals surface area contributed by atoms with Gasteiger partial charge in [-0.15, -0.1) is 21.5 Å². The molecular weight excluding hydrogens is 380 g/mol. The first-order valence-corrected chi connectivity index (χ1v) is 11.5. The number of fused-ring (bicyclic) bond motifs is 1. The molecule has 1 aromatic carbocycles. The Morgan fingerprint density at radius 2 is 1.76 bits per heavy atom. The van der Waals surface area contributed by atoms with Gasteiger partial charge in [0.25, 0.3) is 5.89 Å². The maximum atomic E-state index is 6.02. The van der Waals surface area contributed by atoms with E-state index in [-0.39, 0.29) is 0 Å². The van der Waals surface area contributed by atoms with Crippen LogP contribution < -0.4 is 0 Å². The summed E-state index contributed by atoms with van der Waals surface area (Å²) in [5, 5.41) is 8.66. The molecule has 1 fully saturated rings. The monoisotopic (exact) mass is 408 g/mol. The number of hydrogen-bond donors (Lipinski definition) is 0. The highest BCUT2D eigenvalue weighted by Gasteiger charge is 2.21. The Balaban J connectivity index is 1.16. The second kappa shape index (κ2) is 8.38. The summed E-state index contributed by atoms with van der Waals surface area (Å²) in [6.07, 6.45) is 5.00. The van der Waals surface area contributed by atoms with Gasteiger partial charge in [-0.2, -0.15) is 0 Å². The molecule has 1 aliphatic heterocycles. The zero-order valence-corrected chi connectivity index (χ0v) is 17.9. The first-order chi connectivity index (χ1) is 14.2. The lowest BCUT2D eigenvalue weighted by molar-refractivity contribution is 0.114. The van der Waals surface area contributed by atoms with E-state index in [1.807, 2.05) is 11.3 Å². The fourth-order valence-corrected chi connectivity index (χ4v) is 5.55. The van der Waals surface area contributed by atoms with Crippen molar-refractivity contribution < 1.29 is 4.42 Å². The van der Waals surface area contributed by atoms with E-state index in [1.165, 1.54) is 47.3 Å². The predicted molar refractivity (Wildman–Crippen MR) is 116 cm³/mol. The molecule has 2 aliphatic rings. The lowest BCUT2D eigenvalue weighted by atomic mass is 9.99. The second-order valence-corrected chi connectivity index (χ2v) is 9.45. The van der Waals surface area contributed by atoms with Crippen LogP contribution >= 0.6 is 11.3 Å². The molecule has 6 heteroatoms. The van der Waals surface area contributed by atoms with Crippen molar-refractivity contribution in [3.05, 3.63) is 57.8 Å². The van der Waals surface area contributed by atoms with E-state index < -0.39 is 0 Å². The van der Waals surface area contributed by atoms with Gasteiger partial charge in [0.15, 0.2) is 0 Å². The van der Waals surface area contributed by atoms with E-state index in [2.05, 4.69) is 57.3 Å². The Morgan fingerprint density at radius 1 is 0.966 bits per heavy atom. The quantitative estimate of drug-likeness (QED) is 0.630. The Bertz CT molecular complexity index is 947. The molecule has 0 radical (unpaired) electrons. The minimum absolute atomic E-state index is 0.692. The molecule has 0 unspecified atom stereocenters. The van der Waals surface area contributed by atoms with Gasteiger partial charge in [-0.05, 0) is 49.8 Å². The van der Waals surface area contributed by atoms with Crippen molar-refractivity contribution in [3.63, 3.8) is 0 Å². The van der Waals surface area contributed by atoms with Crippen LogP contribution in [-0.4, -0.2) is 46.2 Å². The number of nitrogens with zero attached hydrogens (tertiary/aromatic N) is 4. The molecule has 1 saturated heterocycles. The summed E-state index contributed by atoms with van der Waals surface area (Å²) in [7, 11) is 0. The molecule has 0 saturated carbocycles. The molecule has 1 aliphatic carbocycles. The molecule has 3 aromatic rings. The van der Waals surface area contributed by atoms with Crippen molar-refractivity contribution in [2.45, 2.75) is 45.7 Å². The molecule has 5 rings (SSSR count). The van der Waals surface area contributed by atoms with Crippen molar-refractivity contribution in [1.29, 1.82) is 0 Å². The number of hydrogen-bond acceptors (Lipinski definition) is 6. The molecule has 152 valence electrons. The molecule has 0 bridgehead atoms. The highest BCUT2D eigenvalue weighted by Crippen LogP contribution is 2.35. The molecule has 0 amide bonds. The maximum absolute atomic E-state index is 6.02. The van der Waals surface area contributed by atoms with Crippen molar-refractivity contribution >= 4 is 11.3 Å². The Labute approximate surface area is 176 Å². The third kappa shape index (κ3) is 4.44. The van der Waals surface area contributed by atoms with Crippen molar-refractivity contribution in [2.75, 3.05) is 26.2 Å². The molecule has 0 atom stereocenters. The van der Waals surface area contributed by atoms with Gasteiger partial charge in [-0.25, -0.2) is 0 Å². The first-order valence-electron chi connectivity index (χ1n) is 10.7. The average Bonchev–Trinajstić information content (AvgIpc) is 3.36. The zero-order chi connectivity index (χ0) is 19.6. The average molecular weight is 409 g/mol. The second-order valence-electron chi connectivity index (χ2n) is 8.31. The summed E-state index contributed by atoms with van der Waals surface area (Å²) in [5.41, 5.74) is 4.22. The first kappa shape index (κ1) is 19.0. The van der Waals surface area contributed by atoms with Gasteiger partial charge in [0.05, 0.1) is 11.4 Å².